The number of nitrogens with zero attached hydrogens (tertiary/aromatic N) is 1. The van der Waals surface area contributed by atoms with Gasteiger partial charge in [-0.2, -0.15) is 0 Å². The van der Waals surface area contributed by atoms with Crippen molar-refractivity contribution in [1.29, 1.82) is 0 Å². The molecule has 10 heavy (non-hydrogen) atoms. The summed E-state index contributed by atoms with van der Waals surface area (Å²) in [5.41, 5.74) is 1.20. The molecular formula is C6H7N3O. The molecule has 0 saturated heterocycles. The van der Waals surface area contributed by atoms with Crippen LogP contribution in [0.3, 0.4) is 0 Å². The Kier molecular flexibility index (Phi) is 1.75. The van der Waals surface area contributed by atoms with E-state index in [0.29, 0.717) is 11.4 Å². The minimum absolute atomic E-state index is 0.0903. The number of rotatable bonds is 0. The maximum absolute atomic E-state index is 10.6. The number of fused-ring (bicyclic) bond motifs is 2. The molecule has 1 aliphatic heterocycles. The molecule has 4 heteroatoms. The summed E-state index contributed by atoms with van der Waals surface area (Å²) in [6.45, 7) is 0. The molecule has 1 aliphatic carbocycles. The molecule has 0 radical (unpaired) electrons. The van der Waals surface area contributed by atoms with Crippen LogP contribution in [0.2, 0.25) is 0 Å². The van der Waals surface area contributed by atoms with Crippen molar-refractivity contribution in [2.24, 2.45) is 11.7 Å². The van der Waals surface area contributed by atoms with Crippen molar-refractivity contribution in [1.82, 2.24) is 4.98 Å². The predicted molar refractivity (Wildman–Crippen MR) is 36.0 cm³/mol. The number of pyridine rings is 1. The molecule has 4 nitrogen and oxygen atoms in total. The lowest BCUT2D eigenvalue weighted by atomic mass is 10.1. The van der Waals surface area contributed by atoms with Crippen molar-refractivity contribution in [3.8, 4) is 0 Å². The molecule has 0 atom stereocenters. The van der Waals surface area contributed by atoms with Crippen molar-refractivity contribution in [2.75, 3.05) is 0 Å². The number of nitrogens with two attached hydrogens (primary N) is 2. The van der Waals surface area contributed by atoms with E-state index in [1.54, 1.807) is 12.1 Å². The SMILES string of the molecule is NN.O=C1c2cccc1n2. The molecule has 2 bridgehead atoms. The summed E-state index contributed by atoms with van der Waals surface area (Å²) in [7, 11) is 0. The molecule has 0 aromatic carbocycles. The zero-order chi connectivity index (χ0) is 7.56. The summed E-state index contributed by atoms with van der Waals surface area (Å²) in [5, 5.41) is 0. The Bertz CT molecular complexity index is 230. The van der Waals surface area contributed by atoms with Gasteiger partial charge in [0.2, 0.25) is 5.78 Å². The fourth-order valence-electron chi connectivity index (χ4n) is 0.766. The second kappa shape index (κ2) is 2.55. The van der Waals surface area contributed by atoms with Gasteiger partial charge in [0.05, 0.1) is 0 Å². The summed E-state index contributed by atoms with van der Waals surface area (Å²) in [4.78, 5) is 14.4. The normalized spacial score (nSPS) is 11.2. The van der Waals surface area contributed by atoms with Crippen molar-refractivity contribution >= 4 is 5.78 Å². The number of aromatic nitrogens is 1. The van der Waals surface area contributed by atoms with Crippen LogP contribution in [-0.4, -0.2) is 10.8 Å². The van der Waals surface area contributed by atoms with Crippen LogP contribution in [0.25, 0.3) is 0 Å². The highest BCUT2D eigenvalue weighted by atomic mass is 16.1. The predicted octanol–water partition coefficient (Wildman–Crippen LogP) is -0.555. The van der Waals surface area contributed by atoms with Crippen LogP contribution in [0.4, 0.5) is 0 Å². The number of carbonyl (C=O) groups is 1. The first kappa shape index (κ1) is 6.85. The molecule has 3 rings (SSSR count). The minimum Gasteiger partial charge on any atom is -0.285 e. The van der Waals surface area contributed by atoms with Crippen LogP contribution in [0.1, 0.15) is 16.2 Å². The van der Waals surface area contributed by atoms with Gasteiger partial charge in [-0.3, -0.25) is 16.5 Å². The molecule has 0 saturated carbocycles. The Morgan fingerprint density at radius 1 is 1.20 bits per heavy atom. The standard InChI is InChI=1S/C6H3NO.H4N2/c8-6-4-2-1-3-5(6)7-4;1-2/h1-3H;1-2H2. The third-order valence-electron chi connectivity index (χ3n) is 1.21. The molecule has 0 fully saturated rings. The van der Waals surface area contributed by atoms with Gasteiger partial charge in [0.25, 0.3) is 0 Å². The van der Waals surface area contributed by atoms with Gasteiger partial charge >= 0.3 is 0 Å². The van der Waals surface area contributed by atoms with Gasteiger partial charge in [-0.05, 0) is 12.1 Å². The topological polar surface area (TPSA) is 82.0 Å². The van der Waals surface area contributed by atoms with Gasteiger partial charge in [0.1, 0.15) is 11.4 Å². The van der Waals surface area contributed by atoms with Gasteiger partial charge in [-0.15, -0.1) is 0 Å². The van der Waals surface area contributed by atoms with E-state index in [1.165, 1.54) is 0 Å². The Morgan fingerprint density at radius 2 is 1.70 bits per heavy atom. The molecule has 1 aromatic heterocycles. The third kappa shape index (κ3) is 0.792. The van der Waals surface area contributed by atoms with Gasteiger partial charge in [-0.25, -0.2) is 4.98 Å². The van der Waals surface area contributed by atoms with Crippen molar-refractivity contribution in [2.45, 2.75) is 0 Å². The van der Waals surface area contributed by atoms with E-state index in [0.717, 1.165) is 0 Å². The highest BCUT2D eigenvalue weighted by Crippen LogP contribution is 2.13. The largest absolute Gasteiger partial charge is 0.285 e. The van der Waals surface area contributed by atoms with Gasteiger partial charge in [-0.1, -0.05) is 6.07 Å². The fourth-order valence-corrected chi connectivity index (χ4v) is 0.766. The minimum atomic E-state index is 0.0903. The second-order valence-corrected chi connectivity index (χ2v) is 1.74. The number of hydrazine groups is 1. The maximum atomic E-state index is 10.6. The zero-order valence-electron chi connectivity index (χ0n) is 5.24. The average Bonchev–Trinajstić information content (AvgIpc) is 2.08. The van der Waals surface area contributed by atoms with E-state index < -0.39 is 0 Å². The number of carbonyl (C=O) groups excluding carboxylic acids is 1. The van der Waals surface area contributed by atoms with E-state index in [9.17, 15) is 4.79 Å². The lowest BCUT2D eigenvalue weighted by Crippen LogP contribution is -2.17. The number of ketones is 1. The summed E-state index contributed by atoms with van der Waals surface area (Å²) in [6, 6.07) is 5.27. The fraction of sp³-hybridized carbons (Fsp3) is 0. The van der Waals surface area contributed by atoms with E-state index >= 15 is 0 Å². The summed E-state index contributed by atoms with van der Waals surface area (Å²) in [6.07, 6.45) is 0. The first-order valence-corrected chi connectivity index (χ1v) is 2.73. The molecule has 0 unspecified atom stereocenters. The molecule has 52 valence electrons. The Balaban J connectivity index is 0.000000231. The highest BCUT2D eigenvalue weighted by molar-refractivity contribution is 6.11. The molecule has 1 aromatic rings. The molecular weight excluding hydrogens is 130 g/mol. The first-order chi connectivity index (χ1) is 4.88. The van der Waals surface area contributed by atoms with E-state index in [-0.39, 0.29) is 5.78 Å². The quantitative estimate of drug-likeness (QED) is 0.377. The second-order valence-electron chi connectivity index (χ2n) is 1.74. The maximum Gasteiger partial charge on any atom is 0.229 e. The number of hydrogen-bond acceptors (Lipinski definition) is 4. The smallest absolute Gasteiger partial charge is 0.229 e. The Hall–Kier alpha value is -1.26. The summed E-state index contributed by atoms with van der Waals surface area (Å²) in [5.74, 6) is 8.09. The molecule has 2 aliphatic rings. The van der Waals surface area contributed by atoms with Crippen LogP contribution < -0.4 is 11.7 Å². The molecule has 0 amide bonds. The molecule has 2 heterocycles. The monoisotopic (exact) mass is 137 g/mol. The number of hydrogen-bond donors (Lipinski definition) is 2. The van der Waals surface area contributed by atoms with Crippen molar-refractivity contribution in [3.63, 3.8) is 0 Å². The Morgan fingerprint density at radius 3 is 1.90 bits per heavy atom. The van der Waals surface area contributed by atoms with Crippen LogP contribution in [-0.2, 0) is 0 Å². The average molecular weight is 137 g/mol. The molecule has 4 N–H and O–H groups in total. The summed E-state index contributed by atoms with van der Waals surface area (Å²) < 4.78 is 0. The molecule has 0 spiro atoms. The third-order valence-corrected chi connectivity index (χ3v) is 1.21. The van der Waals surface area contributed by atoms with Crippen LogP contribution in [0.15, 0.2) is 18.2 Å². The van der Waals surface area contributed by atoms with Crippen LogP contribution in [0.5, 0.6) is 0 Å². The van der Waals surface area contributed by atoms with Crippen LogP contribution in [0, 0.1) is 0 Å². The summed E-state index contributed by atoms with van der Waals surface area (Å²) >= 11 is 0. The van der Waals surface area contributed by atoms with Crippen molar-refractivity contribution < 1.29 is 4.79 Å². The van der Waals surface area contributed by atoms with Gasteiger partial charge in [0.15, 0.2) is 0 Å². The Labute approximate surface area is 57.8 Å². The van der Waals surface area contributed by atoms with Gasteiger partial charge in [0, 0.05) is 0 Å². The first-order valence-electron chi connectivity index (χ1n) is 2.73. The van der Waals surface area contributed by atoms with E-state index in [4.69, 9.17) is 0 Å². The van der Waals surface area contributed by atoms with Crippen molar-refractivity contribution in [3.05, 3.63) is 29.6 Å². The van der Waals surface area contributed by atoms with E-state index in [2.05, 4.69) is 16.7 Å². The lowest BCUT2D eigenvalue weighted by Gasteiger charge is -2.08. The zero-order valence-corrected chi connectivity index (χ0v) is 5.24. The van der Waals surface area contributed by atoms with E-state index in [1.807, 2.05) is 6.07 Å². The van der Waals surface area contributed by atoms with Crippen LogP contribution >= 0.6 is 0 Å². The lowest BCUT2D eigenvalue weighted by molar-refractivity contribution is 0.100. The van der Waals surface area contributed by atoms with Gasteiger partial charge < -0.3 is 0 Å². The highest BCUT2D eigenvalue weighted by Gasteiger charge is 2.20.